The number of carbonyl (C=O) groups is 1. The topological polar surface area (TPSA) is 58.4 Å². The number of nitrogens with two attached hydrogens (primary N) is 1. The van der Waals surface area contributed by atoms with Crippen LogP contribution >= 0.6 is 23.8 Å². The average Bonchev–Trinajstić information content (AvgIpc) is 3.12. The summed E-state index contributed by atoms with van der Waals surface area (Å²) in [5.41, 5.74) is 7.05. The molecule has 3 N–H and O–H groups in total. The second-order valence-electron chi connectivity index (χ2n) is 4.73. The first-order valence-corrected chi connectivity index (χ1v) is 6.86. The van der Waals surface area contributed by atoms with Crippen molar-refractivity contribution in [3.63, 3.8) is 0 Å². The molecule has 0 saturated heterocycles. The molecule has 0 radical (unpaired) electrons. The summed E-state index contributed by atoms with van der Waals surface area (Å²) >= 11 is 11.1. The van der Waals surface area contributed by atoms with Crippen LogP contribution in [0.1, 0.15) is 18.4 Å². The summed E-state index contributed by atoms with van der Waals surface area (Å²) in [6, 6.07) is 5.71. The van der Waals surface area contributed by atoms with E-state index in [1.165, 1.54) is 0 Å². The highest BCUT2D eigenvalue weighted by Gasteiger charge is 2.23. The van der Waals surface area contributed by atoms with Crippen molar-refractivity contribution in [3.05, 3.63) is 28.8 Å². The van der Waals surface area contributed by atoms with E-state index >= 15 is 0 Å². The van der Waals surface area contributed by atoms with Crippen LogP contribution in [0.15, 0.2) is 18.2 Å². The Kier molecular flexibility index (Phi) is 4.27. The van der Waals surface area contributed by atoms with Gasteiger partial charge in [-0.3, -0.25) is 4.79 Å². The van der Waals surface area contributed by atoms with Gasteiger partial charge in [0.05, 0.1) is 17.3 Å². The van der Waals surface area contributed by atoms with E-state index in [1.54, 1.807) is 12.1 Å². The molecule has 0 unspecified atom stereocenters. The van der Waals surface area contributed by atoms with E-state index in [0.717, 1.165) is 24.1 Å². The Labute approximate surface area is 122 Å². The van der Waals surface area contributed by atoms with E-state index in [0.29, 0.717) is 16.1 Å². The van der Waals surface area contributed by atoms with Gasteiger partial charge in [-0.15, -0.1) is 0 Å². The van der Waals surface area contributed by atoms with Gasteiger partial charge in [0.15, 0.2) is 0 Å². The lowest BCUT2D eigenvalue weighted by Gasteiger charge is -2.20. The molecule has 6 heteroatoms. The molecule has 4 nitrogen and oxygen atoms in total. The molecule has 0 aliphatic heterocycles. The van der Waals surface area contributed by atoms with Crippen LogP contribution in [0.5, 0.6) is 0 Å². The predicted molar refractivity (Wildman–Crippen MR) is 81.8 cm³/mol. The van der Waals surface area contributed by atoms with Gasteiger partial charge in [0.2, 0.25) is 5.91 Å². The van der Waals surface area contributed by atoms with Gasteiger partial charge in [-0.25, -0.2) is 0 Å². The number of thiocarbonyl (C=S) groups is 1. The summed E-state index contributed by atoms with van der Waals surface area (Å²) in [6.07, 6.45) is 2.16. The Hall–Kier alpha value is -1.33. The summed E-state index contributed by atoms with van der Waals surface area (Å²) in [4.78, 5) is 13.8. The molecule has 0 spiro atoms. The molecule has 1 aliphatic carbocycles. The fourth-order valence-corrected chi connectivity index (χ4v) is 2.22. The van der Waals surface area contributed by atoms with Crippen LogP contribution in [0.2, 0.25) is 5.02 Å². The molecular formula is C13H16ClN3OS. The highest BCUT2D eigenvalue weighted by Crippen LogP contribution is 2.26. The summed E-state index contributed by atoms with van der Waals surface area (Å²) in [5.74, 6) is 0.0134. The fraction of sp³-hybridized carbons (Fsp3) is 0.385. The van der Waals surface area contributed by atoms with Crippen molar-refractivity contribution in [1.82, 2.24) is 5.32 Å². The standard InChI is InChI=1S/C13H16ClN3OS/c1-17(7-12(18)16-9-3-4-9)11-5-2-8(13(15)19)6-10(11)14/h2,5-6,9H,3-4,7H2,1H3,(H2,15,19)(H,16,18). The second kappa shape index (κ2) is 5.75. The molecule has 0 atom stereocenters. The lowest BCUT2D eigenvalue weighted by molar-refractivity contribution is -0.119. The van der Waals surface area contributed by atoms with E-state index in [1.807, 2.05) is 18.0 Å². The Morgan fingerprint density at radius 2 is 2.26 bits per heavy atom. The third kappa shape index (κ3) is 3.81. The summed E-state index contributed by atoms with van der Waals surface area (Å²) in [5, 5.41) is 3.47. The maximum absolute atomic E-state index is 11.7. The van der Waals surface area contributed by atoms with Gasteiger partial charge in [0, 0.05) is 18.7 Å². The van der Waals surface area contributed by atoms with Crippen molar-refractivity contribution in [2.75, 3.05) is 18.5 Å². The Balaban J connectivity index is 2.03. The van der Waals surface area contributed by atoms with E-state index in [4.69, 9.17) is 29.6 Å². The number of carbonyl (C=O) groups excluding carboxylic acids is 1. The highest BCUT2D eigenvalue weighted by atomic mass is 35.5. The van der Waals surface area contributed by atoms with Crippen LogP contribution in [-0.2, 0) is 4.79 Å². The second-order valence-corrected chi connectivity index (χ2v) is 5.58. The van der Waals surface area contributed by atoms with Crippen molar-refractivity contribution in [2.45, 2.75) is 18.9 Å². The van der Waals surface area contributed by atoms with Crippen molar-refractivity contribution in [3.8, 4) is 0 Å². The fourth-order valence-electron chi connectivity index (χ4n) is 1.77. The van der Waals surface area contributed by atoms with Gasteiger partial charge in [-0.2, -0.15) is 0 Å². The molecule has 0 bridgehead atoms. The number of halogens is 1. The first-order valence-electron chi connectivity index (χ1n) is 6.07. The summed E-state index contributed by atoms with van der Waals surface area (Å²) < 4.78 is 0. The zero-order chi connectivity index (χ0) is 14.0. The first kappa shape index (κ1) is 14.1. The quantitative estimate of drug-likeness (QED) is 0.812. The van der Waals surface area contributed by atoms with Gasteiger partial charge >= 0.3 is 0 Å². The van der Waals surface area contributed by atoms with Gasteiger partial charge < -0.3 is 16.0 Å². The number of rotatable bonds is 5. The zero-order valence-electron chi connectivity index (χ0n) is 10.6. The lowest BCUT2D eigenvalue weighted by atomic mass is 10.2. The minimum absolute atomic E-state index is 0.0134. The smallest absolute Gasteiger partial charge is 0.239 e. The molecule has 102 valence electrons. The number of anilines is 1. The van der Waals surface area contributed by atoms with Crippen LogP contribution in [0.4, 0.5) is 5.69 Å². The Morgan fingerprint density at radius 1 is 1.58 bits per heavy atom. The van der Waals surface area contributed by atoms with E-state index < -0.39 is 0 Å². The van der Waals surface area contributed by atoms with Crippen molar-refractivity contribution >= 4 is 40.4 Å². The highest BCUT2D eigenvalue weighted by molar-refractivity contribution is 7.80. The SMILES string of the molecule is CN(CC(=O)NC1CC1)c1ccc(C(N)=S)cc1Cl. The molecule has 19 heavy (non-hydrogen) atoms. The van der Waals surface area contributed by atoms with Gasteiger partial charge in [-0.1, -0.05) is 23.8 Å². The van der Waals surface area contributed by atoms with Crippen LogP contribution in [-0.4, -0.2) is 30.5 Å². The zero-order valence-corrected chi connectivity index (χ0v) is 12.2. The molecular weight excluding hydrogens is 282 g/mol. The molecule has 1 aromatic carbocycles. The predicted octanol–water partition coefficient (Wildman–Crippen LogP) is 1.69. The molecule has 1 saturated carbocycles. The van der Waals surface area contributed by atoms with E-state index in [-0.39, 0.29) is 12.5 Å². The van der Waals surface area contributed by atoms with Gasteiger partial charge in [0.1, 0.15) is 4.99 Å². The van der Waals surface area contributed by atoms with E-state index in [9.17, 15) is 4.79 Å². The molecule has 1 aliphatic rings. The van der Waals surface area contributed by atoms with Crippen molar-refractivity contribution in [2.24, 2.45) is 5.73 Å². The van der Waals surface area contributed by atoms with Crippen LogP contribution in [0.3, 0.4) is 0 Å². The molecule has 2 rings (SSSR count). The van der Waals surface area contributed by atoms with Crippen LogP contribution in [0, 0.1) is 0 Å². The number of amides is 1. The Morgan fingerprint density at radius 3 is 2.79 bits per heavy atom. The molecule has 0 heterocycles. The normalized spacial score (nSPS) is 14.0. The maximum atomic E-state index is 11.7. The molecule has 1 aromatic rings. The van der Waals surface area contributed by atoms with Crippen molar-refractivity contribution in [1.29, 1.82) is 0 Å². The third-order valence-corrected chi connectivity index (χ3v) is 3.51. The van der Waals surface area contributed by atoms with Crippen molar-refractivity contribution < 1.29 is 4.79 Å². The van der Waals surface area contributed by atoms with Crippen LogP contribution < -0.4 is 16.0 Å². The number of hydrogen-bond donors (Lipinski definition) is 2. The molecule has 0 aromatic heterocycles. The maximum Gasteiger partial charge on any atom is 0.239 e. The molecule has 1 fully saturated rings. The largest absolute Gasteiger partial charge is 0.389 e. The number of likely N-dealkylation sites (N-methyl/N-ethyl adjacent to an activating group) is 1. The minimum atomic E-state index is 0.0134. The van der Waals surface area contributed by atoms with E-state index in [2.05, 4.69) is 5.32 Å². The first-order chi connectivity index (χ1) is 8.97. The number of nitrogens with one attached hydrogen (secondary N) is 1. The third-order valence-electron chi connectivity index (χ3n) is 2.97. The van der Waals surface area contributed by atoms with Gasteiger partial charge in [-0.05, 0) is 31.0 Å². The number of benzene rings is 1. The lowest BCUT2D eigenvalue weighted by Crippen LogP contribution is -2.36. The molecule has 1 amide bonds. The van der Waals surface area contributed by atoms with Crippen LogP contribution in [0.25, 0.3) is 0 Å². The summed E-state index contributed by atoms with van der Waals surface area (Å²) in [7, 11) is 1.83. The average molecular weight is 298 g/mol. The monoisotopic (exact) mass is 297 g/mol. The van der Waals surface area contributed by atoms with Gasteiger partial charge in [0.25, 0.3) is 0 Å². The minimum Gasteiger partial charge on any atom is -0.389 e. The number of hydrogen-bond acceptors (Lipinski definition) is 3. The Bertz CT molecular complexity index is 517. The summed E-state index contributed by atoms with van der Waals surface area (Å²) in [6.45, 7) is 0.280. The number of nitrogens with zero attached hydrogens (tertiary/aromatic N) is 1.